The number of nitrogens with zero attached hydrogens (tertiary/aromatic N) is 2. The van der Waals surface area contributed by atoms with Crippen molar-refractivity contribution in [2.24, 2.45) is 0 Å². The van der Waals surface area contributed by atoms with Crippen LogP contribution in [0.1, 0.15) is 27.7 Å². The quantitative estimate of drug-likeness (QED) is 0.746. The van der Waals surface area contributed by atoms with E-state index >= 15 is 0 Å². The number of carbonyl (C=O) groups excluding carboxylic acids is 1. The summed E-state index contributed by atoms with van der Waals surface area (Å²) in [6.07, 6.45) is -0.205. The monoisotopic (exact) mass is 357 g/mol. The fourth-order valence-electron chi connectivity index (χ4n) is 3.45. The van der Waals surface area contributed by atoms with Crippen LogP contribution in [-0.4, -0.2) is 24.9 Å². The molecule has 1 aliphatic heterocycles. The molecule has 0 spiro atoms. The van der Waals surface area contributed by atoms with Gasteiger partial charge in [-0.15, -0.1) is 0 Å². The highest BCUT2D eigenvalue weighted by Gasteiger charge is 2.32. The first-order chi connectivity index (χ1) is 13.1. The summed E-state index contributed by atoms with van der Waals surface area (Å²) in [7, 11) is 4.05. The predicted molar refractivity (Wildman–Crippen MR) is 110 cm³/mol. The van der Waals surface area contributed by atoms with Crippen molar-refractivity contribution in [2.45, 2.75) is 12.7 Å². The van der Waals surface area contributed by atoms with Crippen molar-refractivity contribution in [3.05, 3.63) is 95.6 Å². The Bertz CT molecular complexity index is 935. The highest BCUT2D eigenvalue weighted by Crippen LogP contribution is 2.34. The summed E-state index contributed by atoms with van der Waals surface area (Å²) in [5.74, 6) is 0.0508. The van der Waals surface area contributed by atoms with E-state index in [4.69, 9.17) is 0 Å². The van der Waals surface area contributed by atoms with Gasteiger partial charge < -0.3 is 15.1 Å². The zero-order chi connectivity index (χ0) is 18.8. The van der Waals surface area contributed by atoms with Crippen LogP contribution >= 0.6 is 0 Å². The third kappa shape index (κ3) is 3.38. The van der Waals surface area contributed by atoms with Crippen molar-refractivity contribution in [1.29, 1.82) is 0 Å². The van der Waals surface area contributed by atoms with E-state index in [-0.39, 0.29) is 12.1 Å². The van der Waals surface area contributed by atoms with Crippen LogP contribution in [0.25, 0.3) is 0 Å². The third-order valence-electron chi connectivity index (χ3n) is 4.94. The summed E-state index contributed by atoms with van der Waals surface area (Å²) in [6, 6.07) is 26.2. The molecule has 0 radical (unpaired) electrons. The molecule has 0 fully saturated rings. The summed E-state index contributed by atoms with van der Waals surface area (Å²) in [6.45, 7) is 0.557. The number of anilines is 2. The number of benzene rings is 3. The largest absolute Gasteiger partial charge is 0.378 e. The van der Waals surface area contributed by atoms with Crippen LogP contribution in [0.3, 0.4) is 0 Å². The van der Waals surface area contributed by atoms with E-state index in [0.717, 1.165) is 28.1 Å². The minimum Gasteiger partial charge on any atom is -0.378 e. The lowest BCUT2D eigenvalue weighted by Crippen LogP contribution is -2.42. The Hall–Kier alpha value is -3.27. The Morgan fingerprint density at radius 2 is 1.56 bits per heavy atom. The molecule has 0 bridgehead atoms. The third-order valence-corrected chi connectivity index (χ3v) is 4.94. The van der Waals surface area contributed by atoms with Crippen molar-refractivity contribution in [3.63, 3.8) is 0 Å². The standard InChI is InChI=1S/C23H23N3O/c1-25(2)19-14-12-18(13-15-19)22-24-21-11-7-6-10-20(21)23(27)26(22)16-17-8-4-3-5-9-17/h3-15,22,24H,16H2,1-2H3/t22-/m0/s1. The summed E-state index contributed by atoms with van der Waals surface area (Å²) < 4.78 is 0. The Kier molecular flexibility index (Phi) is 4.55. The molecule has 136 valence electrons. The second-order valence-corrected chi connectivity index (χ2v) is 7.00. The van der Waals surface area contributed by atoms with Crippen LogP contribution in [-0.2, 0) is 6.54 Å². The van der Waals surface area contributed by atoms with E-state index in [1.807, 2.05) is 61.5 Å². The molecule has 0 unspecified atom stereocenters. The molecule has 4 heteroatoms. The van der Waals surface area contributed by atoms with E-state index < -0.39 is 0 Å². The molecule has 1 atom stereocenters. The van der Waals surface area contributed by atoms with E-state index in [0.29, 0.717) is 6.54 Å². The highest BCUT2D eigenvalue weighted by atomic mass is 16.2. The van der Waals surface area contributed by atoms with Crippen molar-refractivity contribution in [1.82, 2.24) is 4.90 Å². The van der Waals surface area contributed by atoms with Gasteiger partial charge in [0.25, 0.3) is 5.91 Å². The van der Waals surface area contributed by atoms with Gasteiger partial charge in [0, 0.05) is 32.0 Å². The zero-order valence-corrected chi connectivity index (χ0v) is 15.6. The second-order valence-electron chi connectivity index (χ2n) is 7.00. The van der Waals surface area contributed by atoms with Crippen molar-refractivity contribution in [3.8, 4) is 0 Å². The molecular weight excluding hydrogens is 334 g/mol. The summed E-state index contributed by atoms with van der Waals surface area (Å²) in [4.78, 5) is 17.2. The minimum absolute atomic E-state index is 0.0508. The van der Waals surface area contributed by atoms with Gasteiger partial charge in [-0.2, -0.15) is 0 Å². The van der Waals surface area contributed by atoms with Gasteiger partial charge in [0.2, 0.25) is 0 Å². The molecule has 4 nitrogen and oxygen atoms in total. The Balaban J connectivity index is 1.73. The highest BCUT2D eigenvalue weighted by molar-refractivity contribution is 6.01. The van der Waals surface area contributed by atoms with Crippen LogP contribution in [0.5, 0.6) is 0 Å². The number of para-hydroxylation sites is 1. The molecule has 3 aromatic rings. The molecule has 1 N–H and O–H groups in total. The molecule has 0 saturated carbocycles. The number of amides is 1. The fourth-order valence-corrected chi connectivity index (χ4v) is 3.45. The summed E-state index contributed by atoms with van der Waals surface area (Å²) in [5, 5.41) is 3.55. The number of carbonyl (C=O) groups is 1. The maximum absolute atomic E-state index is 13.3. The van der Waals surface area contributed by atoms with E-state index in [2.05, 4.69) is 46.6 Å². The van der Waals surface area contributed by atoms with Crippen LogP contribution in [0.15, 0.2) is 78.9 Å². The average molecular weight is 357 g/mol. The van der Waals surface area contributed by atoms with Gasteiger partial charge in [-0.25, -0.2) is 0 Å². The first-order valence-corrected chi connectivity index (χ1v) is 9.11. The fraction of sp³-hybridized carbons (Fsp3) is 0.174. The lowest BCUT2D eigenvalue weighted by atomic mass is 10.0. The molecule has 0 aliphatic carbocycles. The number of hydrogen-bond acceptors (Lipinski definition) is 3. The van der Waals surface area contributed by atoms with Crippen LogP contribution in [0.2, 0.25) is 0 Å². The van der Waals surface area contributed by atoms with Gasteiger partial charge in [0.15, 0.2) is 0 Å². The van der Waals surface area contributed by atoms with Crippen LogP contribution < -0.4 is 10.2 Å². The number of rotatable bonds is 4. The van der Waals surface area contributed by atoms with Crippen LogP contribution in [0.4, 0.5) is 11.4 Å². The molecular formula is C23H23N3O. The van der Waals surface area contributed by atoms with E-state index in [1.165, 1.54) is 0 Å². The van der Waals surface area contributed by atoms with Crippen molar-refractivity contribution in [2.75, 3.05) is 24.3 Å². The molecule has 4 rings (SSSR count). The summed E-state index contributed by atoms with van der Waals surface area (Å²) >= 11 is 0. The number of nitrogens with one attached hydrogen (secondary N) is 1. The van der Waals surface area contributed by atoms with Crippen LogP contribution in [0, 0.1) is 0 Å². The van der Waals surface area contributed by atoms with Gasteiger partial charge in [-0.1, -0.05) is 54.6 Å². The lowest BCUT2D eigenvalue weighted by molar-refractivity contribution is 0.0666. The van der Waals surface area contributed by atoms with Gasteiger partial charge in [-0.3, -0.25) is 4.79 Å². The molecule has 3 aromatic carbocycles. The number of fused-ring (bicyclic) bond motifs is 1. The molecule has 1 aliphatic rings. The molecule has 1 heterocycles. The van der Waals surface area contributed by atoms with Gasteiger partial charge in [0.05, 0.1) is 5.56 Å². The Morgan fingerprint density at radius 1 is 0.889 bits per heavy atom. The maximum atomic E-state index is 13.3. The zero-order valence-electron chi connectivity index (χ0n) is 15.6. The second kappa shape index (κ2) is 7.16. The molecule has 1 amide bonds. The van der Waals surface area contributed by atoms with Gasteiger partial charge in [0.1, 0.15) is 6.17 Å². The number of hydrogen-bond donors (Lipinski definition) is 1. The van der Waals surface area contributed by atoms with Crippen molar-refractivity contribution < 1.29 is 4.79 Å². The topological polar surface area (TPSA) is 35.6 Å². The Morgan fingerprint density at radius 3 is 2.26 bits per heavy atom. The first kappa shape index (κ1) is 17.2. The van der Waals surface area contributed by atoms with E-state index in [9.17, 15) is 4.79 Å². The first-order valence-electron chi connectivity index (χ1n) is 9.11. The SMILES string of the molecule is CN(C)c1ccc([C@H]2Nc3ccccc3C(=O)N2Cc2ccccc2)cc1. The normalized spacial score (nSPS) is 15.9. The predicted octanol–water partition coefficient (Wildman–Crippen LogP) is 4.52. The average Bonchev–Trinajstić information content (AvgIpc) is 2.71. The minimum atomic E-state index is -0.205. The van der Waals surface area contributed by atoms with Gasteiger partial charge >= 0.3 is 0 Å². The van der Waals surface area contributed by atoms with Crippen molar-refractivity contribution >= 4 is 17.3 Å². The molecule has 27 heavy (non-hydrogen) atoms. The Labute approximate surface area is 160 Å². The lowest BCUT2D eigenvalue weighted by Gasteiger charge is -2.38. The summed E-state index contributed by atoms with van der Waals surface area (Å²) in [5.41, 5.74) is 4.92. The maximum Gasteiger partial charge on any atom is 0.258 e. The molecule has 0 saturated heterocycles. The smallest absolute Gasteiger partial charge is 0.258 e. The van der Waals surface area contributed by atoms with Gasteiger partial charge in [-0.05, 0) is 35.4 Å². The molecule has 0 aromatic heterocycles. The van der Waals surface area contributed by atoms with E-state index in [1.54, 1.807) is 0 Å².